The Morgan fingerprint density at radius 2 is 2.43 bits per heavy atom. The number of nitrogens with zero attached hydrogens (tertiary/aromatic N) is 3. The van der Waals surface area contributed by atoms with Crippen molar-refractivity contribution >= 4 is 11.8 Å². The van der Waals surface area contributed by atoms with E-state index in [1.54, 1.807) is 15.6 Å². The highest BCUT2D eigenvalue weighted by molar-refractivity contribution is 5.76. The molecule has 1 aromatic heterocycles. The Morgan fingerprint density at radius 3 is 3.00 bits per heavy atom. The number of nitrogens with one attached hydrogen (secondary N) is 1. The molecule has 0 aliphatic carbocycles. The molecule has 14 heavy (non-hydrogen) atoms. The van der Waals surface area contributed by atoms with E-state index in [4.69, 9.17) is 5.73 Å². The zero-order valence-electron chi connectivity index (χ0n) is 7.81. The lowest BCUT2D eigenvalue weighted by Crippen LogP contribution is -2.31. The molecule has 0 unspecified atom stereocenters. The van der Waals surface area contributed by atoms with Gasteiger partial charge in [0.25, 0.3) is 0 Å². The summed E-state index contributed by atoms with van der Waals surface area (Å²) in [5, 5.41) is 6.78. The van der Waals surface area contributed by atoms with Crippen molar-refractivity contribution in [1.82, 2.24) is 20.0 Å². The van der Waals surface area contributed by atoms with E-state index < -0.39 is 0 Å². The third kappa shape index (κ3) is 1.78. The Morgan fingerprint density at radius 1 is 1.57 bits per heavy atom. The summed E-state index contributed by atoms with van der Waals surface area (Å²) in [7, 11) is 0. The van der Waals surface area contributed by atoms with Crippen molar-refractivity contribution in [1.29, 1.82) is 0 Å². The third-order valence-corrected chi connectivity index (χ3v) is 2.21. The van der Waals surface area contributed by atoms with E-state index in [9.17, 15) is 4.79 Å². The number of aromatic nitrogens is 2. The number of hydrogen-bond donors (Lipinski definition) is 2. The van der Waals surface area contributed by atoms with E-state index >= 15 is 0 Å². The van der Waals surface area contributed by atoms with E-state index in [1.165, 1.54) is 0 Å². The summed E-state index contributed by atoms with van der Waals surface area (Å²) in [6.45, 7) is 2.87. The van der Waals surface area contributed by atoms with E-state index in [2.05, 4.69) is 10.4 Å². The molecule has 0 spiro atoms. The fourth-order valence-corrected chi connectivity index (χ4v) is 1.45. The van der Waals surface area contributed by atoms with Crippen LogP contribution in [-0.2, 0) is 6.54 Å². The number of carbonyl (C=O) groups excluding carboxylic acids is 1. The van der Waals surface area contributed by atoms with Crippen molar-refractivity contribution in [2.75, 3.05) is 25.4 Å². The normalized spacial score (nSPS) is 16.0. The highest BCUT2D eigenvalue weighted by Crippen LogP contribution is 1.99. The maximum atomic E-state index is 11.2. The predicted molar refractivity (Wildman–Crippen MR) is 51.6 cm³/mol. The molecule has 76 valence electrons. The quantitative estimate of drug-likeness (QED) is 0.682. The van der Waals surface area contributed by atoms with Gasteiger partial charge in [-0.15, -0.1) is 0 Å². The van der Waals surface area contributed by atoms with Crippen molar-refractivity contribution in [3.63, 3.8) is 0 Å². The Kier molecular flexibility index (Phi) is 2.26. The van der Waals surface area contributed by atoms with Crippen molar-refractivity contribution in [2.45, 2.75) is 6.54 Å². The molecule has 1 fully saturated rings. The molecule has 0 bridgehead atoms. The molecular weight excluding hydrogens is 182 g/mol. The number of hydrogen-bond acceptors (Lipinski definition) is 3. The van der Waals surface area contributed by atoms with Crippen LogP contribution in [0.15, 0.2) is 12.3 Å². The zero-order valence-corrected chi connectivity index (χ0v) is 7.81. The molecule has 3 N–H and O–H groups in total. The number of nitrogen functional groups attached to an aromatic ring is 1. The highest BCUT2D eigenvalue weighted by Gasteiger charge is 2.18. The van der Waals surface area contributed by atoms with Gasteiger partial charge in [-0.05, 0) is 6.07 Å². The lowest BCUT2D eigenvalue weighted by atomic mass is 10.5. The van der Waals surface area contributed by atoms with Crippen LogP contribution in [-0.4, -0.2) is 40.3 Å². The average Bonchev–Trinajstić information content (AvgIpc) is 2.72. The van der Waals surface area contributed by atoms with Gasteiger partial charge in [-0.25, -0.2) is 4.79 Å². The maximum absolute atomic E-state index is 11.2. The molecule has 2 heterocycles. The molecule has 0 saturated carbocycles. The minimum absolute atomic E-state index is 0.00475. The maximum Gasteiger partial charge on any atom is 0.317 e. The van der Waals surface area contributed by atoms with E-state index in [-0.39, 0.29) is 6.03 Å². The lowest BCUT2D eigenvalue weighted by molar-refractivity contribution is 0.215. The molecule has 2 amide bonds. The predicted octanol–water partition coefficient (Wildman–Crippen LogP) is -0.510. The first kappa shape index (κ1) is 8.86. The molecule has 0 aromatic carbocycles. The molecule has 1 aromatic rings. The first-order valence-electron chi connectivity index (χ1n) is 4.57. The molecule has 0 radical (unpaired) electrons. The van der Waals surface area contributed by atoms with Gasteiger partial charge >= 0.3 is 6.03 Å². The summed E-state index contributed by atoms with van der Waals surface area (Å²) in [4.78, 5) is 12.9. The highest BCUT2D eigenvalue weighted by atomic mass is 16.2. The van der Waals surface area contributed by atoms with Gasteiger partial charge in [-0.2, -0.15) is 5.10 Å². The Balaban J connectivity index is 1.85. The molecular formula is C8H13N5O. The van der Waals surface area contributed by atoms with Crippen LogP contribution in [0.1, 0.15) is 0 Å². The van der Waals surface area contributed by atoms with Crippen LogP contribution in [0.4, 0.5) is 10.6 Å². The number of anilines is 1. The van der Waals surface area contributed by atoms with Gasteiger partial charge in [0.15, 0.2) is 0 Å². The molecule has 2 rings (SSSR count). The fraction of sp³-hybridized carbons (Fsp3) is 0.500. The second-order valence-electron chi connectivity index (χ2n) is 3.22. The van der Waals surface area contributed by atoms with Crippen molar-refractivity contribution in [2.24, 2.45) is 0 Å². The van der Waals surface area contributed by atoms with Gasteiger partial charge in [0.2, 0.25) is 0 Å². The monoisotopic (exact) mass is 195 g/mol. The molecule has 1 aliphatic rings. The molecule has 6 heteroatoms. The summed E-state index contributed by atoms with van der Waals surface area (Å²) in [6, 6.07) is 1.74. The van der Waals surface area contributed by atoms with Gasteiger partial charge < -0.3 is 16.0 Å². The van der Waals surface area contributed by atoms with Crippen LogP contribution >= 0.6 is 0 Å². The van der Waals surface area contributed by atoms with Gasteiger partial charge in [-0.3, -0.25) is 4.68 Å². The Labute approximate surface area is 81.7 Å². The topological polar surface area (TPSA) is 76.2 Å². The van der Waals surface area contributed by atoms with Crippen LogP contribution in [0.5, 0.6) is 0 Å². The number of carbonyl (C=O) groups is 1. The van der Waals surface area contributed by atoms with E-state index in [1.807, 2.05) is 6.20 Å². The van der Waals surface area contributed by atoms with Crippen LogP contribution in [0.3, 0.4) is 0 Å². The number of nitrogens with two attached hydrogens (primary N) is 1. The smallest absolute Gasteiger partial charge is 0.317 e. The van der Waals surface area contributed by atoms with Crippen molar-refractivity contribution < 1.29 is 4.79 Å². The molecule has 1 saturated heterocycles. The summed E-state index contributed by atoms with van der Waals surface area (Å²) >= 11 is 0. The number of rotatable bonds is 3. The number of amides is 2. The SMILES string of the molecule is Nc1ccn(CCN2CCNC2=O)n1. The van der Waals surface area contributed by atoms with Crippen molar-refractivity contribution in [3.05, 3.63) is 12.3 Å². The van der Waals surface area contributed by atoms with Gasteiger partial charge in [0.05, 0.1) is 6.54 Å². The summed E-state index contributed by atoms with van der Waals surface area (Å²) < 4.78 is 1.74. The van der Waals surface area contributed by atoms with Gasteiger partial charge in [0.1, 0.15) is 5.82 Å². The summed E-state index contributed by atoms with van der Waals surface area (Å²) in [5.74, 6) is 0.510. The minimum Gasteiger partial charge on any atom is -0.382 e. The van der Waals surface area contributed by atoms with E-state index in [0.717, 1.165) is 13.1 Å². The lowest BCUT2D eigenvalue weighted by Gasteiger charge is -2.13. The second-order valence-corrected chi connectivity index (χ2v) is 3.22. The van der Waals surface area contributed by atoms with E-state index in [0.29, 0.717) is 18.9 Å². The minimum atomic E-state index is 0.00475. The first-order valence-corrected chi connectivity index (χ1v) is 4.57. The average molecular weight is 195 g/mol. The van der Waals surface area contributed by atoms with Crippen molar-refractivity contribution in [3.8, 4) is 0 Å². The number of urea groups is 1. The molecule has 1 aliphatic heterocycles. The van der Waals surface area contributed by atoms with Crippen LogP contribution in [0, 0.1) is 0 Å². The van der Waals surface area contributed by atoms with Gasteiger partial charge in [0, 0.05) is 25.8 Å². The Bertz CT molecular complexity index is 334. The summed E-state index contributed by atoms with van der Waals surface area (Å²) in [5.41, 5.74) is 5.46. The molecule has 0 atom stereocenters. The van der Waals surface area contributed by atoms with Crippen LogP contribution in [0.2, 0.25) is 0 Å². The Hall–Kier alpha value is -1.72. The zero-order chi connectivity index (χ0) is 9.97. The standard InChI is InChI=1S/C8H13N5O/c9-7-1-3-13(11-7)6-5-12-4-2-10-8(12)14/h1,3H,2,4-6H2,(H2,9,11)(H,10,14). The molecule has 6 nitrogen and oxygen atoms in total. The first-order chi connectivity index (χ1) is 6.75. The third-order valence-electron chi connectivity index (χ3n) is 2.21. The largest absolute Gasteiger partial charge is 0.382 e. The van der Waals surface area contributed by atoms with Gasteiger partial charge in [-0.1, -0.05) is 0 Å². The summed E-state index contributed by atoms with van der Waals surface area (Å²) in [6.07, 6.45) is 1.81. The fourth-order valence-electron chi connectivity index (χ4n) is 1.45. The van der Waals surface area contributed by atoms with Crippen LogP contribution in [0.25, 0.3) is 0 Å². The van der Waals surface area contributed by atoms with Crippen LogP contribution < -0.4 is 11.1 Å². The second kappa shape index (κ2) is 3.57.